The van der Waals surface area contributed by atoms with Crippen molar-refractivity contribution in [2.75, 3.05) is 13.2 Å². The Hall–Kier alpha value is -1.02. The third-order valence-electron chi connectivity index (χ3n) is 4.12. The fourth-order valence-electron chi connectivity index (χ4n) is 3.00. The zero-order valence-corrected chi connectivity index (χ0v) is 13.1. The number of nitrogens with one attached hydrogen (secondary N) is 1. The van der Waals surface area contributed by atoms with E-state index >= 15 is 0 Å². The average molecular weight is 275 g/mol. The van der Waals surface area contributed by atoms with E-state index in [1.165, 1.54) is 49.7 Å². The van der Waals surface area contributed by atoms with Crippen LogP contribution in [0.5, 0.6) is 5.75 Å². The van der Waals surface area contributed by atoms with Crippen LogP contribution in [0.3, 0.4) is 0 Å². The number of unbranched alkanes of at least 4 members (excludes halogenated alkanes) is 3. The van der Waals surface area contributed by atoms with E-state index in [-0.39, 0.29) is 0 Å². The van der Waals surface area contributed by atoms with Crippen LogP contribution in [0.4, 0.5) is 0 Å². The van der Waals surface area contributed by atoms with Gasteiger partial charge in [0.25, 0.3) is 0 Å². The van der Waals surface area contributed by atoms with E-state index < -0.39 is 0 Å². The summed E-state index contributed by atoms with van der Waals surface area (Å²) in [6.07, 6.45) is 8.62. The van der Waals surface area contributed by atoms with Crippen LogP contribution in [-0.2, 0) is 6.42 Å². The van der Waals surface area contributed by atoms with Gasteiger partial charge in [0.1, 0.15) is 5.75 Å². The number of hydrogen-bond acceptors (Lipinski definition) is 2. The summed E-state index contributed by atoms with van der Waals surface area (Å²) in [4.78, 5) is 0. The molecule has 0 fully saturated rings. The molecule has 20 heavy (non-hydrogen) atoms. The third-order valence-corrected chi connectivity index (χ3v) is 4.12. The molecule has 2 rings (SSSR count). The summed E-state index contributed by atoms with van der Waals surface area (Å²) in [5.74, 6) is 1.12. The van der Waals surface area contributed by atoms with Gasteiger partial charge in [0.2, 0.25) is 0 Å². The van der Waals surface area contributed by atoms with Crippen LogP contribution in [0.15, 0.2) is 18.2 Å². The molecular weight excluding hydrogens is 246 g/mol. The molecule has 0 bridgehead atoms. The number of rotatable bonds is 9. The van der Waals surface area contributed by atoms with Gasteiger partial charge in [0.05, 0.1) is 6.61 Å². The van der Waals surface area contributed by atoms with Gasteiger partial charge >= 0.3 is 0 Å². The van der Waals surface area contributed by atoms with Crippen molar-refractivity contribution >= 4 is 0 Å². The summed E-state index contributed by atoms with van der Waals surface area (Å²) >= 11 is 0. The van der Waals surface area contributed by atoms with Gasteiger partial charge in [-0.15, -0.1) is 0 Å². The van der Waals surface area contributed by atoms with Crippen LogP contribution in [0.25, 0.3) is 0 Å². The Labute approximate surface area is 123 Å². The van der Waals surface area contributed by atoms with Gasteiger partial charge in [-0.05, 0) is 49.4 Å². The van der Waals surface area contributed by atoms with Gasteiger partial charge in [-0.3, -0.25) is 0 Å². The molecule has 1 aliphatic rings. The molecular formula is C18H29NO. The van der Waals surface area contributed by atoms with Crippen molar-refractivity contribution in [3.63, 3.8) is 0 Å². The van der Waals surface area contributed by atoms with Gasteiger partial charge in [0.15, 0.2) is 0 Å². The third kappa shape index (κ3) is 3.99. The Bertz CT molecular complexity index is 402. The molecule has 2 heteroatoms. The lowest BCUT2D eigenvalue weighted by atomic mass is 10.1. The fraction of sp³-hybridized carbons (Fsp3) is 0.667. The summed E-state index contributed by atoms with van der Waals surface area (Å²) in [5.41, 5.74) is 2.90. The summed E-state index contributed by atoms with van der Waals surface area (Å²) in [6.45, 7) is 6.43. The van der Waals surface area contributed by atoms with Gasteiger partial charge in [-0.1, -0.05) is 45.2 Å². The lowest BCUT2D eigenvalue weighted by molar-refractivity contribution is 0.302. The lowest BCUT2D eigenvalue weighted by Crippen LogP contribution is -2.19. The molecule has 2 nitrogen and oxygen atoms in total. The molecule has 0 aromatic heterocycles. The van der Waals surface area contributed by atoms with Crippen LogP contribution in [0.2, 0.25) is 0 Å². The minimum absolute atomic E-state index is 0.536. The summed E-state index contributed by atoms with van der Waals surface area (Å²) in [5, 5.41) is 3.64. The second-order valence-electron chi connectivity index (χ2n) is 5.78. The first kappa shape index (κ1) is 15.4. The fourth-order valence-corrected chi connectivity index (χ4v) is 3.00. The molecule has 0 heterocycles. The molecule has 0 saturated heterocycles. The predicted octanol–water partition coefficient (Wildman–Crippen LogP) is 4.63. The van der Waals surface area contributed by atoms with E-state index in [2.05, 4.69) is 37.4 Å². The first-order valence-electron chi connectivity index (χ1n) is 8.34. The van der Waals surface area contributed by atoms with Crippen LogP contribution in [-0.4, -0.2) is 13.2 Å². The quantitative estimate of drug-likeness (QED) is 0.663. The molecule has 1 aliphatic carbocycles. The minimum atomic E-state index is 0.536. The van der Waals surface area contributed by atoms with E-state index in [1.807, 2.05) is 0 Å². The van der Waals surface area contributed by atoms with Gasteiger partial charge < -0.3 is 10.1 Å². The molecule has 1 aromatic carbocycles. The van der Waals surface area contributed by atoms with Gasteiger partial charge in [-0.2, -0.15) is 0 Å². The maximum Gasteiger partial charge on any atom is 0.122 e. The highest BCUT2D eigenvalue weighted by Gasteiger charge is 2.24. The van der Waals surface area contributed by atoms with E-state index in [0.29, 0.717) is 6.04 Å². The van der Waals surface area contributed by atoms with Crippen molar-refractivity contribution in [1.29, 1.82) is 0 Å². The number of fused-ring (bicyclic) bond motifs is 1. The molecule has 0 saturated carbocycles. The zero-order valence-electron chi connectivity index (χ0n) is 13.1. The normalized spacial score (nSPS) is 17.2. The molecule has 1 N–H and O–H groups in total. The summed E-state index contributed by atoms with van der Waals surface area (Å²) in [6, 6.07) is 7.08. The second-order valence-corrected chi connectivity index (χ2v) is 5.78. The van der Waals surface area contributed by atoms with E-state index in [4.69, 9.17) is 4.74 Å². The first-order valence-corrected chi connectivity index (χ1v) is 8.34. The monoisotopic (exact) mass is 275 g/mol. The van der Waals surface area contributed by atoms with E-state index in [9.17, 15) is 0 Å². The molecule has 0 spiro atoms. The standard InChI is InChI=1S/C18H29NO/c1-3-5-6-7-14-20-18-10-8-9-15-16(18)11-12-17(15)19-13-4-2/h8-10,17,19H,3-7,11-14H2,1-2H3. The molecule has 0 amide bonds. The SMILES string of the molecule is CCCCCCOc1cccc2c1CCC2NCCC. The van der Waals surface area contributed by atoms with Crippen molar-refractivity contribution in [2.24, 2.45) is 0 Å². The van der Waals surface area contributed by atoms with Crippen molar-refractivity contribution < 1.29 is 4.74 Å². The Balaban J connectivity index is 1.90. The van der Waals surface area contributed by atoms with Crippen molar-refractivity contribution in [2.45, 2.75) is 64.8 Å². The van der Waals surface area contributed by atoms with E-state index in [0.717, 1.165) is 25.3 Å². The smallest absolute Gasteiger partial charge is 0.122 e. The Morgan fingerprint density at radius 2 is 2.05 bits per heavy atom. The van der Waals surface area contributed by atoms with Crippen LogP contribution in [0.1, 0.15) is 69.5 Å². The van der Waals surface area contributed by atoms with E-state index in [1.54, 1.807) is 0 Å². The molecule has 0 aliphatic heterocycles. The Morgan fingerprint density at radius 1 is 1.15 bits per heavy atom. The topological polar surface area (TPSA) is 21.3 Å². The van der Waals surface area contributed by atoms with Crippen molar-refractivity contribution in [1.82, 2.24) is 5.32 Å². The highest BCUT2D eigenvalue weighted by atomic mass is 16.5. The maximum absolute atomic E-state index is 6.02. The molecule has 112 valence electrons. The highest BCUT2D eigenvalue weighted by molar-refractivity contribution is 5.45. The molecule has 0 radical (unpaired) electrons. The van der Waals surface area contributed by atoms with Gasteiger partial charge in [-0.25, -0.2) is 0 Å². The highest BCUT2D eigenvalue weighted by Crippen LogP contribution is 2.36. The Morgan fingerprint density at radius 3 is 2.85 bits per heavy atom. The first-order chi connectivity index (χ1) is 9.86. The Kier molecular flexibility index (Phi) is 6.38. The number of hydrogen-bond donors (Lipinski definition) is 1. The lowest BCUT2D eigenvalue weighted by Gasteiger charge is -2.15. The number of benzene rings is 1. The van der Waals surface area contributed by atoms with Crippen LogP contribution >= 0.6 is 0 Å². The zero-order chi connectivity index (χ0) is 14.2. The van der Waals surface area contributed by atoms with Crippen LogP contribution < -0.4 is 10.1 Å². The molecule has 1 atom stereocenters. The predicted molar refractivity (Wildman–Crippen MR) is 85.4 cm³/mol. The van der Waals surface area contributed by atoms with Crippen LogP contribution in [0, 0.1) is 0 Å². The number of ether oxygens (including phenoxy) is 1. The maximum atomic E-state index is 6.02. The molecule has 1 aromatic rings. The largest absolute Gasteiger partial charge is 0.493 e. The summed E-state index contributed by atoms with van der Waals surface area (Å²) < 4.78 is 6.02. The van der Waals surface area contributed by atoms with Gasteiger partial charge in [0, 0.05) is 6.04 Å². The summed E-state index contributed by atoms with van der Waals surface area (Å²) in [7, 11) is 0. The van der Waals surface area contributed by atoms with Crippen molar-refractivity contribution in [3.8, 4) is 5.75 Å². The van der Waals surface area contributed by atoms with Crippen molar-refractivity contribution in [3.05, 3.63) is 29.3 Å². The molecule has 1 unspecified atom stereocenters. The minimum Gasteiger partial charge on any atom is -0.493 e. The second kappa shape index (κ2) is 8.31. The average Bonchev–Trinajstić information content (AvgIpc) is 2.89.